The maximum atomic E-state index is 13.9. The first kappa shape index (κ1) is 38.2. The molecule has 2 saturated heterocycles. The van der Waals surface area contributed by atoms with E-state index >= 15 is 0 Å². The molecule has 4 N–H and O–H groups in total. The van der Waals surface area contributed by atoms with Crippen molar-refractivity contribution >= 4 is 67.4 Å². The number of rotatable bonds is 12. The van der Waals surface area contributed by atoms with Crippen LogP contribution in [0.25, 0.3) is 33.8 Å². The molecule has 0 bridgehead atoms. The van der Waals surface area contributed by atoms with Crippen LogP contribution in [-0.4, -0.2) is 76.7 Å². The summed E-state index contributed by atoms with van der Waals surface area (Å²) >= 11 is 3.02. The number of carbonyl (C=O) groups is 2. The van der Waals surface area contributed by atoms with E-state index in [1.54, 1.807) is 12.4 Å². The first-order valence-electron chi connectivity index (χ1n) is 20.5. The minimum absolute atomic E-state index is 0.0728. The lowest BCUT2D eigenvalue weighted by Gasteiger charge is -2.30. The molecule has 4 aromatic heterocycles. The third-order valence-electron chi connectivity index (χ3n) is 11.9. The molecular weight excluding hydrogens is 765 g/mol. The first-order chi connectivity index (χ1) is 28.2. The average molecular weight is 815 g/mol. The average Bonchev–Trinajstić information content (AvgIpc) is 4.08. The van der Waals surface area contributed by atoms with E-state index < -0.39 is 0 Å². The summed E-state index contributed by atoms with van der Waals surface area (Å²) in [6.45, 7) is 9.74. The van der Waals surface area contributed by atoms with Crippen molar-refractivity contribution < 1.29 is 9.59 Å². The lowest BCUT2D eigenvalue weighted by molar-refractivity contribution is -0.134. The summed E-state index contributed by atoms with van der Waals surface area (Å²) in [5.74, 6) is 2.12. The Labute approximate surface area is 346 Å². The maximum absolute atomic E-state index is 13.9. The molecule has 0 radical (unpaired) electrons. The molecule has 14 heteroatoms. The summed E-state index contributed by atoms with van der Waals surface area (Å²) in [4.78, 5) is 57.5. The van der Waals surface area contributed by atoms with Crippen LogP contribution < -0.4 is 10.6 Å². The molecule has 12 nitrogen and oxygen atoms in total. The summed E-state index contributed by atoms with van der Waals surface area (Å²) in [7, 11) is 0. The second-order valence-electron chi connectivity index (χ2n) is 16.4. The van der Waals surface area contributed by atoms with Crippen molar-refractivity contribution in [3.05, 3.63) is 94.2 Å². The molecule has 9 rings (SSSR count). The molecule has 2 aromatic carbocycles. The van der Waals surface area contributed by atoms with Gasteiger partial charge in [0.2, 0.25) is 11.8 Å². The number of amides is 2. The van der Waals surface area contributed by atoms with Gasteiger partial charge in [0, 0.05) is 36.2 Å². The Hall–Kier alpha value is -5.34. The van der Waals surface area contributed by atoms with Crippen molar-refractivity contribution in [2.75, 3.05) is 23.7 Å². The molecule has 3 aliphatic rings. The molecule has 4 atom stereocenters. The quantitative estimate of drug-likeness (QED) is 0.0958. The zero-order chi connectivity index (χ0) is 39.9. The zero-order valence-electron chi connectivity index (χ0n) is 33.4. The molecule has 2 amide bonds. The van der Waals surface area contributed by atoms with E-state index in [4.69, 9.17) is 9.97 Å². The van der Waals surface area contributed by atoms with Gasteiger partial charge in [0.05, 0.1) is 35.0 Å². The van der Waals surface area contributed by atoms with Crippen LogP contribution in [0.4, 0.5) is 10.3 Å². The van der Waals surface area contributed by atoms with Crippen LogP contribution in [0.15, 0.2) is 65.7 Å². The van der Waals surface area contributed by atoms with Crippen LogP contribution in [0.1, 0.15) is 100 Å². The number of benzene rings is 2. The Morgan fingerprint density at radius 2 is 1.38 bits per heavy atom. The molecule has 300 valence electrons. The van der Waals surface area contributed by atoms with Crippen molar-refractivity contribution in [1.29, 1.82) is 0 Å². The molecule has 2 fully saturated rings. The fraction of sp³-hybridized carbons (Fsp3) is 0.409. The minimum atomic E-state index is -0.352. The van der Waals surface area contributed by atoms with E-state index in [-0.39, 0.29) is 47.8 Å². The van der Waals surface area contributed by atoms with Crippen molar-refractivity contribution in [1.82, 2.24) is 39.7 Å². The van der Waals surface area contributed by atoms with Gasteiger partial charge >= 0.3 is 0 Å². The summed E-state index contributed by atoms with van der Waals surface area (Å²) in [6, 6.07) is 12.3. The number of anilines is 2. The molecule has 6 aromatic rings. The second kappa shape index (κ2) is 16.1. The highest BCUT2D eigenvalue weighted by molar-refractivity contribution is 7.13. The van der Waals surface area contributed by atoms with Crippen LogP contribution >= 0.6 is 22.7 Å². The fourth-order valence-electron chi connectivity index (χ4n) is 8.79. The van der Waals surface area contributed by atoms with Crippen LogP contribution in [0.2, 0.25) is 0 Å². The number of aryl methyl sites for hydroxylation is 1. The maximum Gasteiger partial charge on any atom is 0.246 e. The standard InChI is InChI=1S/C44H50N10O2S2/c1-25(2)37(51-43-45-15-19-57-43)41(55)53-17-5-7-35(53)39-47-24-34(50-39)31-12-11-27-21-28(9-10-29(27)22-31)30-13-14-32-33(23-30)49-40(48-32)36-8-6-18-54(36)42(56)38(26(3)4)52-44-46-16-20-58-44/h9-10,13-16,19-26,35-38H,5-8,11-12,17-18H2,1-4H3,(H,45,51)(H,46,52)(H,47,50)(H,48,49). The number of hydrogen-bond acceptors (Lipinski definition) is 10. The number of nitrogens with zero attached hydrogens (tertiary/aromatic N) is 6. The molecule has 0 saturated carbocycles. The fourth-order valence-corrected chi connectivity index (χ4v) is 9.92. The van der Waals surface area contributed by atoms with E-state index in [0.29, 0.717) is 6.54 Å². The van der Waals surface area contributed by atoms with Crippen LogP contribution in [0, 0.1) is 11.8 Å². The number of aromatic amines is 2. The Balaban J connectivity index is 0.892. The number of aromatic nitrogens is 6. The molecule has 6 heterocycles. The van der Waals surface area contributed by atoms with E-state index in [1.807, 2.05) is 26.8 Å². The van der Waals surface area contributed by atoms with E-state index in [0.717, 1.165) is 89.3 Å². The lowest BCUT2D eigenvalue weighted by atomic mass is 9.88. The number of nitrogens with one attached hydrogen (secondary N) is 4. The van der Waals surface area contributed by atoms with Crippen LogP contribution in [0.3, 0.4) is 0 Å². The highest BCUT2D eigenvalue weighted by atomic mass is 32.1. The van der Waals surface area contributed by atoms with Gasteiger partial charge in [-0.05, 0) is 96.4 Å². The predicted molar refractivity (Wildman–Crippen MR) is 232 cm³/mol. The number of allylic oxidation sites excluding steroid dienone is 1. The zero-order valence-corrected chi connectivity index (χ0v) is 35.0. The summed E-state index contributed by atoms with van der Waals surface area (Å²) in [6.07, 6.45) is 13.2. The number of thiazole rings is 2. The largest absolute Gasteiger partial charge is 0.350 e. The molecule has 0 spiro atoms. The van der Waals surface area contributed by atoms with E-state index in [1.165, 1.54) is 44.9 Å². The number of hydrogen-bond donors (Lipinski definition) is 4. The highest BCUT2D eigenvalue weighted by Crippen LogP contribution is 2.38. The van der Waals surface area contributed by atoms with Gasteiger partial charge in [-0.2, -0.15) is 0 Å². The van der Waals surface area contributed by atoms with Gasteiger partial charge < -0.3 is 30.4 Å². The van der Waals surface area contributed by atoms with Crippen molar-refractivity contribution in [3.8, 4) is 11.1 Å². The molecular formula is C44H50N10O2S2. The predicted octanol–water partition coefficient (Wildman–Crippen LogP) is 8.95. The molecule has 2 aliphatic heterocycles. The summed E-state index contributed by atoms with van der Waals surface area (Å²) in [5.41, 5.74) is 8.95. The lowest BCUT2D eigenvalue weighted by Crippen LogP contribution is -2.45. The van der Waals surface area contributed by atoms with Gasteiger partial charge in [-0.1, -0.05) is 52.0 Å². The Morgan fingerprint density at radius 3 is 2.00 bits per heavy atom. The third-order valence-corrected chi connectivity index (χ3v) is 13.3. The van der Waals surface area contributed by atoms with Crippen molar-refractivity contribution in [2.24, 2.45) is 11.8 Å². The Kier molecular flexibility index (Phi) is 10.6. The van der Waals surface area contributed by atoms with E-state index in [9.17, 15) is 9.59 Å². The van der Waals surface area contributed by atoms with Crippen molar-refractivity contribution in [2.45, 2.75) is 90.4 Å². The minimum Gasteiger partial charge on any atom is -0.350 e. The number of fused-ring (bicyclic) bond motifs is 2. The number of carbonyl (C=O) groups excluding carboxylic acids is 2. The number of H-pyrrole nitrogens is 2. The van der Waals surface area contributed by atoms with Gasteiger partial charge in [-0.15, -0.1) is 22.7 Å². The monoisotopic (exact) mass is 814 g/mol. The van der Waals surface area contributed by atoms with Crippen LogP contribution in [-0.2, 0) is 16.0 Å². The topological polar surface area (TPSA) is 148 Å². The smallest absolute Gasteiger partial charge is 0.246 e. The molecule has 4 unspecified atom stereocenters. The molecule has 58 heavy (non-hydrogen) atoms. The summed E-state index contributed by atoms with van der Waals surface area (Å²) in [5, 5.41) is 12.1. The van der Waals surface area contributed by atoms with Crippen LogP contribution in [0.5, 0.6) is 0 Å². The SMILES string of the molecule is CC(C)C(Nc1nccs1)C(=O)N1CCCC1c1ncc(C2=Cc3ccc(-c4ccc5nc(C6CCCN6C(=O)C(Nc6nccs6)C(C)C)[nH]c5c4)cc3CC2)[nH]1. The number of likely N-dealkylation sites (tertiary alicyclic amines) is 2. The molecule has 1 aliphatic carbocycles. The second-order valence-corrected chi connectivity index (χ2v) is 18.2. The summed E-state index contributed by atoms with van der Waals surface area (Å²) < 4.78 is 0. The van der Waals surface area contributed by atoms with E-state index in [2.05, 4.69) is 101 Å². The number of imidazole rings is 2. The third kappa shape index (κ3) is 7.55. The van der Waals surface area contributed by atoms with Gasteiger partial charge in [0.25, 0.3) is 0 Å². The van der Waals surface area contributed by atoms with Crippen molar-refractivity contribution in [3.63, 3.8) is 0 Å². The van der Waals surface area contributed by atoms with Gasteiger partial charge in [0.15, 0.2) is 10.3 Å². The highest BCUT2D eigenvalue weighted by Gasteiger charge is 2.38. The van der Waals surface area contributed by atoms with Gasteiger partial charge in [0.1, 0.15) is 23.7 Å². The normalized spacial score (nSPS) is 19.2. The Morgan fingerprint density at radius 1 is 0.759 bits per heavy atom. The van der Waals surface area contributed by atoms with Gasteiger partial charge in [-0.3, -0.25) is 9.59 Å². The Bertz CT molecular complexity index is 2430. The van der Waals surface area contributed by atoms with Gasteiger partial charge in [-0.25, -0.2) is 19.9 Å². The first-order valence-corrected chi connectivity index (χ1v) is 22.3.